The average molecular weight is 614 g/mol. The number of aromatic nitrogens is 2. The smallest absolute Gasteiger partial charge is 0.296 e. The normalized spacial score (nSPS) is 14.9. The van der Waals surface area contributed by atoms with Crippen LogP contribution in [0.15, 0.2) is 111 Å². The average Bonchev–Trinajstić information content (AvgIpc) is 3.74. The Bertz CT molecular complexity index is 1840. The Balaban J connectivity index is 1.34. The van der Waals surface area contributed by atoms with Crippen molar-refractivity contribution in [2.24, 2.45) is 0 Å². The third-order valence-electron chi connectivity index (χ3n) is 6.75. The summed E-state index contributed by atoms with van der Waals surface area (Å²) in [5.41, 5.74) is 1.86. The first kappa shape index (κ1) is 28.4. The Morgan fingerprint density at radius 3 is 2.60 bits per heavy atom. The Morgan fingerprint density at radius 1 is 1.05 bits per heavy atom. The van der Waals surface area contributed by atoms with Crippen LogP contribution in [-0.4, -0.2) is 27.0 Å². The minimum absolute atomic E-state index is 0.00595. The van der Waals surface area contributed by atoms with Gasteiger partial charge >= 0.3 is 0 Å². The molecule has 3 heterocycles. The predicted octanol–water partition coefficient (Wildman–Crippen LogP) is 7.23. The number of benzene rings is 3. The molecule has 6 rings (SSSR count). The molecule has 0 fully saturated rings. The molecule has 3 aromatic carbocycles. The lowest BCUT2D eigenvalue weighted by Crippen LogP contribution is -2.31. The lowest BCUT2D eigenvalue weighted by Gasteiger charge is -2.24. The number of rotatable bonds is 10. The number of furan rings is 1. The molecule has 0 radical (unpaired) electrons. The summed E-state index contributed by atoms with van der Waals surface area (Å²) in [5, 5.41) is 19.7. The lowest BCUT2D eigenvalue weighted by molar-refractivity contribution is -0.117. The zero-order valence-corrected chi connectivity index (χ0v) is 24.4. The fraction of sp³-hybridized carbons (Fsp3) is 0.125. The minimum atomic E-state index is -1.04. The third-order valence-corrected chi connectivity index (χ3v) is 8.85. The predicted molar refractivity (Wildman–Crippen MR) is 161 cm³/mol. The second kappa shape index (κ2) is 12.2. The van der Waals surface area contributed by atoms with Crippen molar-refractivity contribution < 1.29 is 28.2 Å². The molecule has 1 aliphatic heterocycles. The maximum atomic E-state index is 14.1. The number of halogens is 1. The van der Waals surface area contributed by atoms with Crippen LogP contribution < -0.4 is 9.64 Å². The van der Waals surface area contributed by atoms with Gasteiger partial charge < -0.3 is 14.3 Å². The van der Waals surface area contributed by atoms with Gasteiger partial charge in [0.2, 0.25) is 10.9 Å². The van der Waals surface area contributed by atoms with Gasteiger partial charge in [0, 0.05) is 5.75 Å². The first-order valence-corrected chi connectivity index (χ1v) is 15.0. The van der Waals surface area contributed by atoms with Crippen LogP contribution in [0.3, 0.4) is 0 Å². The molecular weight excluding hydrogens is 590 g/mol. The summed E-state index contributed by atoms with van der Waals surface area (Å²) in [6.45, 7) is 2.01. The van der Waals surface area contributed by atoms with Gasteiger partial charge in [-0.2, -0.15) is 0 Å². The molecule has 0 bridgehead atoms. The quantitative estimate of drug-likeness (QED) is 0.0999. The fourth-order valence-electron chi connectivity index (χ4n) is 4.67. The molecular formula is C32H24FN3O5S2. The van der Waals surface area contributed by atoms with E-state index < -0.39 is 23.5 Å². The standard InChI is InChI=1S/C32H24FN3O5S2/c1-19-14-15-25(41-19)28(37)26-27(21-11-7-12-23(16-21)40-17-20-8-3-2-4-9-20)36(30(39)29(26)38)31-34-35-32(43-31)42-18-22-10-5-6-13-24(22)33/h2-16,27,38H,17-18H2,1H3. The van der Waals surface area contributed by atoms with Crippen molar-refractivity contribution in [3.05, 3.63) is 136 Å². The van der Waals surface area contributed by atoms with Gasteiger partial charge in [0.1, 0.15) is 23.9 Å². The van der Waals surface area contributed by atoms with Crippen LogP contribution in [-0.2, 0) is 17.2 Å². The maximum absolute atomic E-state index is 14.1. The summed E-state index contributed by atoms with van der Waals surface area (Å²) in [4.78, 5) is 28.5. The van der Waals surface area contributed by atoms with Crippen molar-refractivity contribution in [1.82, 2.24) is 10.2 Å². The van der Waals surface area contributed by atoms with Gasteiger partial charge in [0.15, 0.2) is 15.9 Å². The van der Waals surface area contributed by atoms with Crippen LogP contribution in [0, 0.1) is 12.7 Å². The Labute approximate surface area is 254 Å². The van der Waals surface area contributed by atoms with E-state index in [-0.39, 0.29) is 22.3 Å². The molecule has 0 spiro atoms. The van der Waals surface area contributed by atoms with E-state index in [0.717, 1.165) is 16.9 Å². The van der Waals surface area contributed by atoms with E-state index in [0.29, 0.717) is 39.3 Å². The molecule has 1 unspecified atom stereocenters. The summed E-state index contributed by atoms with van der Waals surface area (Å²) < 4.78 is 26.2. The van der Waals surface area contributed by atoms with Gasteiger partial charge in [-0.05, 0) is 53.9 Å². The fourth-order valence-corrected chi connectivity index (χ4v) is 6.52. The highest BCUT2D eigenvalue weighted by atomic mass is 32.2. The number of aliphatic hydroxyl groups is 1. The molecule has 11 heteroatoms. The van der Waals surface area contributed by atoms with Crippen molar-refractivity contribution in [2.75, 3.05) is 4.90 Å². The number of hydrogen-bond acceptors (Lipinski definition) is 9. The SMILES string of the molecule is Cc1ccc(C(=O)C2=C(O)C(=O)N(c3nnc(SCc4ccccc4F)s3)C2c2cccc(OCc3ccccc3)c2)o1. The summed E-state index contributed by atoms with van der Waals surface area (Å²) in [6, 6.07) is 25.2. The van der Waals surface area contributed by atoms with Gasteiger partial charge in [-0.15, -0.1) is 10.2 Å². The molecule has 43 heavy (non-hydrogen) atoms. The van der Waals surface area contributed by atoms with Gasteiger partial charge in [-0.25, -0.2) is 4.39 Å². The number of carbonyl (C=O) groups is 2. The lowest BCUT2D eigenvalue weighted by atomic mass is 9.95. The van der Waals surface area contributed by atoms with E-state index in [1.54, 1.807) is 55.5 Å². The van der Waals surface area contributed by atoms with Gasteiger partial charge in [0.25, 0.3) is 5.91 Å². The highest BCUT2D eigenvalue weighted by Gasteiger charge is 2.47. The number of ether oxygens (including phenoxy) is 1. The van der Waals surface area contributed by atoms with Gasteiger partial charge in [-0.1, -0.05) is 83.8 Å². The number of hydrogen-bond donors (Lipinski definition) is 1. The molecule has 216 valence electrons. The van der Waals surface area contributed by atoms with Crippen LogP contribution in [0.25, 0.3) is 0 Å². The summed E-state index contributed by atoms with van der Waals surface area (Å²) in [5.74, 6) is -1.12. The number of aryl methyl sites for hydroxylation is 1. The number of nitrogens with zero attached hydrogens (tertiary/aromatic N) is 3. The van der Waals surface area contributed by atoms with E-state index in [1.165, 1.54) is 28.8 Å². The molecule has 0 aliphatic carbocycles. The monoisotopic (exact) mass is 613 g/mol. The molecule has 1 N–H and O–H groups in total. The number of aliphatic hydroxyl groups excluding tert-OH is 1. The second-order valence-electron chi connectivity index (χ2n) is 9.66. The Hall–Kier alpha value is -4.74. The molecule has 1 aliphatic rings. The number of amides is 1. The molecule has 1 atom stereocenters. The molecule has 1 amide bonds. The first-order chi connectivity index (χ1) is 20.9. The van der Waals surface area contributed by atoms with Crippen LogP contribution >= 0.6 is 23.1 Å². The van der Waals surface area contributed by atoms with Crippen molar-refractivity contribution in [3.8, 4) is 5.75 Å². The molecule has 8 nitrogen and oxygen atoms in total. The van der Waals surface area contributed by atoms with Gasteiger partial charge in [0.05, 0.1) is 11.6 Å². The van der Waals surface area contributed by atoms with Crippen molar-refractivity contribution >= 4 is 39.9 Å². The Morgan fingerprint density at radius 2 is 1.84 bits per heavy atom. The highest BCUT2D eigenvalue weighted by molar-refractivity contribution is 8.00. The number of anilines is 1. The van der Waals surface area contributed by atoms with Crippen LogP contribution in [0.4, 0.5) is 9.52 Å². The van der Waals surface area contributed by atoms with E-state index in [1.807, 2.05) is 30.3 Å². The molecule has 0 saturated carbocycles. The number of thioether (sulfide) groups is 1. The Kier molecular flexibility index (Phi) is 8.08. The van der Waals surface area contributed by atoms with E-state index in [2.05, 4.69) is 10.2 Å². The summed E-state index contributed by atoms with van der Waals surface area (Å²) >= 11 is 2.37. The molecule has 0 saturated heterocycles. The van der Waals surface area contributed by atoms with Crippen molar-refractivity contribution in [2.45, 2.75) is 29.7 Å². The van der Waals surface area contributed by atoms with Crippen LogP contribution in [0.2, 0.25) is 0 Å². The first-order valence-electron chi connectivity index (χ1n) is 13.2. The van der Waals surface area contributed by atoms with Crippen molar-refractivity contribution in [1.29, 1.82) is 0 Å². The van der Waals surface area contributed by atoms with Crippen molar-refractivity contribution in [3.63, 3.8) is 0 Å². The maximum Gasteiger partial charge on any atom is 0.296 e. The van der Waals surface area contributed by atoms with E-state index in [4.69, 9.17) is 9.15 Å². The highest BCUT2D eigenvalue weighted by Crippen LogP contribution is 2.44. The zero-order valence-electron chi connectivity index (χ0n) is 22.8. The summed E-state index contributed by atoms with van der Waals surface area (Å²) in [6.07, 6.45) is 0. The minimum Gasteiger partial charge on any atom is -0.503 e. The third kappa shape index (κ3) is 5.95. The van der Waals surface area contributed by atoms with E-state index >= 15 is 0 Å². The summed E-state index contributed by atoms with van der Waals surface area (Å²) in [7, 11) is 0. The van der Waals surface area contributed by atoms with E-state index in [9.17, 15) is 19.1 Å². The number of ketones is 1. The zero-order chi connectivity index (χ0) is 29.9. The van der Waals surface area contributed by atoms with Gasteiger partial charge in [-0.3, -0.25) is 14.5 Å². The van der Waals surface area contributed by atoms with Crippen LogP contribution in [0.1, 0.15) is 39.0 Å². The number of Topliss-reactive ketones (excluding diaryl/α,β-unsaturated/α-hetero) is 1. The molecule has 2 aromatic heterocycles. The second-order valence-corrected chi connectivity index (χ2v) is 11.8. The number of carbonyl (C=O) groups excluding carboxylic acids is 2. The topological polar surface area (TPSA) is 106 Å². The largest absolute Gasteiger partial charge is 0.503 e. The molecule has 5 aromatic rings. The van der Waals surface area contributed by atoms with Crippen LogP contribution in [0.5, 0.6) is 5.75 Å².